The number of methoxy groups -OCH3 is 1. The Hall–Kier alpha value is -3.28. The number of aromatic nitrogens is 2. The Bertz CT molecular complexity index is 953. The summed E-state index contributed by atoms with van der Waals surface area (Å²) >= 11 is 0. The first-order chi connectivity index (χ1) is 14.6. The van der Waals surface area contributed by atoms with Gasteiger partial charge in [0.1, 0.15) is 0 Å². The van der Waals surface area contributed by atoms with Gasteiger partial charge in [-0.05, 0) is 30.2 Å². The Labute approximate surface area is 178 Å². The zero-order valence-electron chi connectivity index (χ0n) is 17.9. The monoisotopic (exact) mass is 407 g/mol. The number of rotatable bonds is 10. The third kappa shape index (κ3) is 5.63. The first kappa shape index (κ1) is 21.4. The number of amides is 1. The van der Waals surface area contributed by atoms with Gasteiger partial charge in [-0.1, -0.05) is 43.7 Å². The Morgan fingerprint density at radius 1 is 1.10 bits per heavy atom. The van der Waals surface area contributed by atoms with Gasteiger partial charge >= 0.3 is 0 Å². The van der Waals surface area contributed by atoms with Crippen LogP contribution in [0, 0.1) is 0 Å². The average molecular weight is 408 g/mol. The predicted molar refractivity (Wildman–Crippen MR) is 117 cm³/mol. The third-order valence-electron chi connectivity index (χ3n) is 4.81. The van der Waals surface area contributed by atoms with E-state index in [1.807, 2.05) is 29.1 Å². The maximum Gasteiger partial charge on any atom is 0.254 e. The minimum atomic E-state index is -0.0794. The highest BCUT2D eigenvalue weighted by atomic mass is 16.5. The lowest BCUT2D eigenvalue weighted by Crippen LogP contribution is -2.26. The van der Waals surface area contributed by atoms with Crippen LogP contribution in [-0.2, 0) is 13.1 Å². The first-order valence-electron chi connectivity index (χ1n) is 10.2. The van der Waals surface area contributed by atoms with E-state index in [1.165, 1.54) is 5.56 Å². The molecule has 0 radical (unpaired) electrons. The predicted octanol–water partition coefficient (Wildman–Crippen LogP) is 4.39. The maximum absolute atomic E-state index is 12.9. The minimum Gasteiger partial charge on any atom is -0.493 e. The molecule has 0 fully saturated rings. The summed E-state index contributed by atoms with van der Waals surface area (Å²) in [5.41, 5.74) is 2.73. The lowest BCUT2D eigenvalue weighted by atomic mass is 10.1. The third-order valence-corrected chi connectivity index (χ3v) is 4.81. The van der Waals surface area contributed by atoms with Crippen LogP contribution >= 0.6 is 0 Å². The average Bonchev–Trinajstić information content (AvgIpc) is 3.20. The van der Waals surface area contributed by atoms with Gasteiger partial charge in [-0.3, -0.25) is 9.48 Å². The summed E-state index contributed by atoms with van der Waals surface area (Å²) in [6, 6.07) is 15.5. The van der Waals surface area contributed by atoms with Gasteiger partial charge in [-0.25, -0.2) is 0 Å². The Morgan fingerprint density at radius 2 is 1.90 bits per heavy atom. The molecule has 0 atom stereocenters. The molecule has 0 saturated heterocycles. The van der Waals surface area contributed by atoms with Crippen LogP contribution in [0.1, 0.15) is 41.3 Å². The topological polar surface area (TPSA) is 56.6 Å². The van der Waals surface area contributed by atoms with Crippen molar-refractivity contribution in [3.63, 3.8) is 0 Å². The molecule has 3 rings (SSSR count). The fourth-order valence-electron chi connectivity index (χ4n) is 3.16. The normalized spacial score (nSPS) is 10.6. The molecule has 0 aliphatic rings. The van der Waals surface area contributed by atoms with Gasteiger partial charge in [-0.2, -0.15) is 5.10 Å². The highest BCUT2D eigenvalue weighted by Crippen LogP contribution is 2.29. The summed E-state index contributed by atoms with van der Waals surface area (Å²) in [4.78, 5) is 14.6. The van der Waals surface area contributed by atoms with Crippen LogP contribution in [-0.4, -0.2) is 41.4 Å². The summed E-state index contributed by atoms with van der Waals surface area (Å²) in [6.07, 6.45) is 5.82. The lowest BCUT2D eigenvalue weighted by molar-refractivity contribution is 0.0784. The van der Waals surface area contributed by atoms with Crippen molar-refractivity contribution in [2.45, 2.75) is 32.9 Å². The van der Waals surface area contributed by atoms with Crippen LogP contribution in [0.4, 0.5) is 0 Å². The quantitative estimate of drug-likeness (QED) is 0.468. The van der Waals surface area contributed by atoms with Crippen molar-refractivity contribution in [3.05, 3.63) is 77.6 Å². The van der Waals surface area contributed by atoms with Crippen molar-refractivity contribution < 1.29 is 14.3 Å². The SMILES string of the molecule is CCCCOc1ccc(C(=O)N(C)Cc2cnn(Cc3ccccc3)c2)cc1OC. The second-order valence-corrected chi connectivity index (χ2v) is 7.26. The molecule has 0 unspecified atom stereocenters. The fraction of sp³-hybridized carbons (Fsp3) is 0.333. The van der Waals surface area contributed by atoms with Gasteiger partial charge in [0.25, 0.3) is 5.91 Å². The van der Waals surface area contributed by atoms with Crippen LogP contribution < -0.4 is 9.47 Å². The molecule has 1 amide bonds. The van der Waals surface area contributed by atoms with Crippen LogP contribution in [0.5, 0.6) is 11.5 Å². The van der Waals surface area contributed by atoms with E-state index in [0.29, 0.717) is 36.8 Å². The molecule has 0 spiro atoms. The van der Waals surface area contributed by atoms with Gasteiger partial charge in [-0.15, -0.1) is 0 Å². The lowest BCUT2D eigenvalue weighted by Gasteiger charge is -2.17. The Morgan fingerprint density at radius 3 is 2.63 bits per heavy atom. The molecule has 1 heterocycles. The largest absolute Gasteiger partial charge is 0.493 e. The number of hydrogen-bond acceptors (Lipinski definition) is 4. The van der Waals surface area contributed by atoms with Crippen molar-refractivity contribution in [2.24, 2.45) is 0 Å². The second kappa shape index (κ2) is 10.5. The maximum atomic E-state index is 12.9. The smallest absolute Gasteiger partial charge is 0.254 e. The second-order valence-electron chi connectivity index (χ2n) is 7.26. The van der Waals surface area contributed by atoms with Crippen LogP contribution in [0.3, 0.4) is 0 Å². The van der Waals surface area contributed by atoms with Gasteiger partial charge in [0.15, 0.2) is 11.5 Å². The number of ether oxygens (including phenoxy) is 2. The summed E-state index contributed by atoms with van der Waals surface area (Å²) in [7, 11) is 3.37. The van der Waals surface area contributed by atoms with E-state index in [0.717, 1.165) is 18.4 Å². The van der Waals surface area contributed by atoms with Gasteiger partial charge in [0.2, 0.25) is 0 Å². The summed E-state index contributed by atoms with van der Waals surface area (Å²) in [5, 5.41) is 4.41. The summed E-state index contributed by atoms with van der Waals surface area (Å²) in [6.45, 7) is 3.93. The number of carbonyl (C=O) groups excluding carboxylic acids is 1. The molecule has 30 heavy (non-hydrogen) atoms. The zero-order chi connectivity index (χ0) is 21.3. The standard InChI is InChI=1S/C24H29N3O3/c1-4-5-13-30-22-12-11-21(14-23(22)29-3)24(28)26(2)16-20-15-25-27(18-20)17-19-9-7-6-8-10-19/h6-12,14-15,18H,4-5,13,16-17H2,1-3H3. The van der Waals surface area contributed by atoms with Crippen LogP contribution in [0.2, 0.25) is 0 Å². The van der Waals surface area contributed by atoms with Gasteiger partial charge < -0.3 is 14.4 Å². The van der Waals surface area contributed by atoms with E-state index in [4.69, 9.17) is 9.47 Å². The molecule has 0 bridgehead atoms. The van der Waals surface area contributed by atoms with E-state index in [1.54, 1.807) is 43.5 Å². The molecule has 0 saturated carbocycles. The van der Waals surface area contributed by atoms with E-state index in [9.17, 15) is 4.79 Å². The molecule has 1 aromatic heterocycles. The molecule has 6 heteroatoms. The molecule has 6 nitrogen and oxygen atoms in total. The van der Waals surface area contributed by atoms with Gasteiger partial charge in [0.05, 0.1) is 26.5 Å². The molecule has 2 aromatic carbocycles. The van der Waals surface area contributed by atoms with E-state index >= 15 is 0 Å². The van der Waals surface area contributed by atoms with Crippen molar-refractivity contribution in [1.29, 1.82) is 0 Å². The highest BCUT2D eigenvalue weighted by Gasteiger charge is 2.16. The number of benzene rings is 2. The molecule has 158 valence electrons. The van der Waals surface area contributed by atoms with Crippen molar-refractivity contribution in [3.8, 4) is 11.5 Å². The molecule has 0 N–H and O–H groups in total. The van der Waals surface area contributed by atoms with Crippen LogP contribution in [0.15, 0.2) is 60.9 Å². The summed E-state index contributed by atoms with van der Waals surface area (Å²) < 4.78 is 13.0. The Balaban J connectivity index is 1.63. The molecular formula is C24H29N3O3. The van der Waals surface area contributed by atoms with Crippen LogP contribution in [0.25, 0.3) is 0 Å². The summed E-state index contributed by atoms with van der Waals surface area (Å²) in [5.74, 6) is 1.15. The van der Waals surface area contributed by atoms with Crippen molar-refractivity contribution in [1.82, 2.24) is 14.7 Å². The number of carbonyl (C=O) groups is 1. The fourth-order valence-corrected chi connectivity index (χ4v) is 3.16. The van der Waals surface area contributed by atoms with Crippen molar-refractivity contribution >= 4 is 5.91 Å². The van der Waals surface area contributed by atoms with E-state index in [2.05, 4.69) is 24.2 Å². The molecular weight excluding hydrogens is 378 g/mol. The number of hydrogen-bond donors (Lipinski definition) is 0. The number of unbranched alkanes of at least 4 members (excludes halogenated alkanes) is 1. The molecule has 0 aliphatic heterocycles. The van der Waals surface area contributed by atoms with E-state index in [-0.39, 0.29) is 5.91 Å². The van der Waals surface area contributed by atoms with Gasteiger partial charge in [0, 0.05) is 30.9 Å². The van der Waals surface area contributed by atoms with E-state index < -0.39 is 0 Å². The molecule has 3 aromatic rings. The highest BCUT2D eigenvalue weighted by molar-refractivity contribution is 5.94. The van der Waals surface area contributed by atoms with Crippen molar-refractivity contribution in [2.75, 3.05) is 20.8 Å². The molecule has 0 aliphatic carbocycles. The number of nitrogens with zero attached hydrogens (tertiary/aromatic N) is 3. The minimum absolute atomic E-state index is 0.0794. The first-order valence-corrected chi connectivity index (χ1v) is 10.2. The Kier molecular flexibility index (Phi) is 7.49. The zero-order valence-corrected chi connectivity index (χ0v) is 17.9.